The second kappa shape index (κ2) is 4.90. The van der Waals surface area contributed by atoms with Crippen molar-refractivity contribution in [3.63, 3.8) is 0 Å². The molecule has 1 saturated carbocycles. The molecule has 0 aromatic heterocycles. The van der Waals surface area contributed by atoms with Crippen LogP contribution in [0, 0.1) is 6.92 Å². The van der Waals surface area contributed by atoms with Gasteiger partial charge in [-0.3, -0.25) is 0 Å². The number of rotatable bonds is 3. The van der Waals surface area contributed by atoms with Crippen LogP contribution in [0.25, 0.3) is 0 Å². The Bertz CT molecular complexity index is 433. The summed E-state index contributed by atoms with van der Waals surface area (Å²) in [6, 6.07) is 6.70. The van der Waals surface area contributed by atoms with Crippen LogP contribution in [0.3, 0.4) is 0 Å². The monoisotopic (exact) mass is 247 g/mol. The summed E-state index contributed by atoms with van der Waals surface area (Å²) >= 11 is 0. The highest BCUT2D eigenvalue weighted by atomic mass is 16.5. The van der Waals surface area contributed by atoms with E-state index in [0.29, 0.717) is 18.8 Å². The minimum absolute atomic E-state index is 0.179. The zero-order valence-corrected chi connectivity index (χ0v) is 10.9. The zero-order chi connectivity index (χ0) is 12.5. The number of hydrogen-bond acceptors (Lipinski definition) is 3. The molecule has 2 N–H and O–H groups in total. The maximum atomic E-state index is 5.91. The van der Waals surface area contributed by atoms with E-state index in [2.05, 4.69) is 25.1 Å². The van der Waals surface area contributed by atoms with Crippen molar-refractivity contribution in [1.82, 2.24) is 0 Å². The second-order valence-corrected chi connectivity index (χ2v) is 5.58. The molecule has 18 heavy (non-hydrogen) atoms. The highest BCUT2D eigenvalue weighted by Gasteiger charge is 2.27. The molecule has 0 bridgehead atoms. The standard InChI is InChI=1S/C15H21NO2/c1-10-2-5-15-11(6-10)7-14(18-15)9-17-13-4-3-12(16)8-13/h2,5-6,12-14H,3-4,7-9,16H2,1H3. The van der Waals surface area contributed by atoms with Gasteiger partial charge in [-0.2, -0.15) is 0 Å². The first-order chi connectivity index (χ1) is 8.70. The van der Waals surface area contributed by atoms with E-state index in [1.54, 1.807) is 0 Å². The first-order valence-corrected chi connectivity index (χ1v) is 6.84. The molecule has 0 spiro atoms. The van der Waals surface area contributed by atoms with E-state index in [0.717, 1.165) is 31.4 Å². The van der Waals surface area contributed by atoms with Crippen molar-refractivity contribution < 1.29 is 9.47 Å². The summed E-state index contributed by atoms with van der Waals surface area (Å²) in [6.45, 7) is 2.80. The van der Waals surface area contributed by atoms with Crippen LogP contribution < -0.4 is 10.5 Å². The molecule has 98 valence electrons. The molecule has 3 nitrogen and oxygen atoms in total. The SMILES string of the molecule is Cc1ccc2c(c1)CC(COC1CCC(N)C1)O2. The molecule has 0 radical (unpaired) electrons. The number of fused-ring (bicyclic) bond motifs is 1. The van der Waals surface area contributed by atoms with E-state index < -0.39 is 0 Å². The van der Waals surface area contributed by atoms with Crippen LogP contribution in [-0.2, 0) is 11.2 Å². The van der Waals surface area contributed by atoms with Crippen molar-refractivity contribution in [2.75, 3.05) is 6.61 Å². The second-order valence-electron chi connectivity index (χ2n) is 5.58. The van der Waals surface area contributed by atoms with Crippen molar-refractivity contribution in [2.24, 2.45) is 5.73 Å². The molecule has 3 heteroatoms. The van der Waals surface area contributed by atoms with Gasteiger partial charge in [-0.15, -0.1) is 0 Å². The number of ether oxygens (including phenoxy) is 2. The van der Waals surface area contributed by atoms with E-state index >= 15 is 0 Å². The molecule has 3 unspecified atom stereocenters. The van der Waals surface area contributed by atoms with Gasteiger partial charge < -0.3 is 15.2 Å². The Labute approximate surface area is 108 Å². The molecule has 1 aliphatic heterocycles. The first-order valence-electron chi connectivity index (χ1n) is 6.84. The molecule has 0 amide bonds. The van der Waals surface area contributed by atoms with Gasteiger partial charge in [0.1, 0.15) is 11.9 Å². The summed E-state index contributed by atoms with van der Waals surface area (Å²) in [5.74, 6) is 1.03. The van der Waals surface area contributed by atoms with Crippen LogP contribution in [0.1, 0.15) is 30.4 Å². The third-order valence-corrected chi connectivity index (χ3v) is 3.90. The van der Waals surface area contributed by atoms with Crippen molar-refractivity contribution in [3.8, 4) is 5.75 Å². The normalized spacial score (nSPS) is 30.2. The summed E-state index contributed by atoms with van der Waals surface area (Å²) < 4.78 is 11.8. The molecule has 1 aromatic rings. The van der Waals surface area contributed by atoms with E-state index in [1.807, 2.05) is 0 Å². The van der Waals surface area contributed by atoms with Crippen molar-refractivity contribution in [3.05, 3.63) is 29.3 Å². The third-order valence-electron chi connectivity index (χ3n) is 3.90. The van der Waals surface area contributed by atoms with Gasteiger partial charge in [0.05, 0.1) is 12.7 Å². The lowest BCUT2D eigenvalue weighted by Crippen LogP contribution is -2.25. The van der Waals surface area contributed by atoms with Crippen LogP contribution in [0.5, 0.6) is 5.75 Å². The summed E-state index contributed by atoms with van der Waals surface area (Å²) in [7, 11) is 0. The van der Waals surface area contributed by atoms with Crippen LogP contribution in [0.15, 0.2) is 18.2 Å². The highest BCUT2D eigenvalue weighted by molar-refractivity contribution is 5.40. The molecule has 2 aliphatic rings. The Morgan fingerprint density at radius 2 is 2.28 bits per heavy atom. The number of aryl methyl sites for hydroxylation is 1. The van der Waals surface area contributed by atoms with Gasteiger partial charge in [-0.25, -0.2) is 0 Å². The predicted octanol–water partition coefficient (Wildman–Crippen LogP) is 2.19. The van der Waals surface area contributed by atoms with Crippen LogP contribution in [-0.4, -0.2) is 24.9 Å². The molecule has 1 heterocycles. The average Bonchev–Trinajstić information content (AvgIpc) is 2.92. The molecular formula is C15H21NO2. The van der Waals surface area contributed by atoms with Crippen molar-refractivity contribution >= 4 is 0 Å². The zero-order valence-electron chi connectivity index (χ0n) is 10.9. The van der Waals surface area contributed by atoms with Gasteiger partial charge in [0.2, 0.25) is 0 Å². The number of benzene rings is 1. The fourth-order valence-electron chi connectivity index (χ4n) is 2.91. The van der Waals surface area contributed by atoms with Gasteiger partial charge in [-0.1, -0.05) is 17.7 Å². The van der Waals surface area contributed by atoms with Gasteiger partial charge >= 0.3 is 0 Å². The predicted molar refractivity (Wildman–Crippen MR) is 70.9 cm³/mol. The summed E-state index contributed by atoms with van der Waals surface area (Å²) in [6.07, 6.45) is 4.68. The summed E-state index contributed by atoms with van der Waals surface area (Å²) in [5, 5.41) is 0. The van der Waals surface area contributed by atoms with Gasteiger partial charge in [0.25, 0.3) is 0 Å². The minimum atomic E-state index is 0.179. The van der Waals surface area contributed by atoms with Crippen LogP contribution >= 0.6 is 0 Å². The number of nitrogens with two attached hydrogens (primary N) is 1. The smallest absolute Gasteiger partial charge is 0.126 e. The summed E-state index contributed by atoms with van der Waals surface area (Å²) in [5.41, 5.74) is 8.49. The van der Waals surface area contributed by atoms with Crippen LogP contribution in [0.4, 0.5) is 0 Å². The van der Waals surface area contributed by atoms with E-state index in [1.165, 1.54) is 11.1 Å². The Balaban J connectivity index is 1.52. The Morgan fingerprint density at radius 1 is 1.39 bits per heavy atom. The van der Waals surface area contributed by atoms with E-state index in [9.17, 15) is 0 Å². The molecule has 3 atom stereocenters. The topological polar surface area (TPSA) is 44.5 Å². The van der Waals surface area contributed by atoms with E-state index in [4.69, 9.17) is 15.2 Å². The first kappa shape index (κ1) is 12.0. The number of hydrogen-bond donors (Lipinski definition) is 1. The Morgan fingerprint density at radius 3 is 3.06 bits per heavy atom. The molecule has 3 rings (SSSR count). The summed E-state index contributed by atoms with van der Waals surface area (Å²) in [4.78, 5) is 0. The maximum absolute atomic E-state index is 5.91. The Kier molecular flexibility index (Phi) is 3.27. The van der Waals surface area contributed by atoms with Gasteiger partial charge in [0.15, 0.2) is 0 Å². The molecule has 0 saturated heterocycles. The molecule has 1 aromatic carbocycles. The molecule has 1 aliphatic carbocycles. The average molecular weight is 247 g/mol. The molecule has 1 fully saturated rings. The van der Waals surface area contributed by atoms with E-state index in [-0.39, 0.29) is 6.10 Å². The largest absolute Gasteiger partial charge is 0.487 e. The molecular weight excluding hydrogens is 226 g/mol. The maximum Gasteiger partial charge on any atom is 0.126 e. The quantitative estimate of drug-likeness (QED) is 0.890. The minimum Gasteiger partial charge on any atom is -0.487 e. The van der Waals surface area contributed by atoms with Crippen molar-refractivity contribution in [2.45, 2.75) is 50.9 Å². The van der Waals surface area contributed by atoms with Crippen molar-refractivity contribution in [1.29, 1.82) is 0 Å². The Hall–Kier alpha value is -1.06. The lowest BCUT2D eigenvalue weighted by molar-refractivity contribution is 0.00978. The van der Waals surface area contributed by atoms with Crippen LogP contribution in [0.2, 0.25) is 0 Å². The lowest BCUT2D eigenvalue weighted by atomic mass is 10.1. The lowest BCUT2D eigenvalue weighted by Gasteiger charge is -2.15. The van der Waals surface area contributed by atoms with Gasteiger partial charge in [-0.05, 0) is 37.8 Å². The highest BCUT2D eigenvalue weighted by Crippen LogP contribution is 2.30. The van der Waals surface area contributed by atoms with Gasteiger partial charge in [0, 0.05) is 12.5 Å². The fraction of sp³-hybridized carbons (Fsp3) is 0.600. The third kappa shape index (κ3) is 2.52. The fourth-order valence-corrected chi connectivity index (χ4v) is 2.91.